The van der Waals surface area contributed by atoms with Gasteiger partial charge in [0.05, 0.1) is 18.5 Å². The minimum absolute atomic E-state index is 0.226. The second kappa shape index (κ2) is 6.12. The van der Waals surface area contributed by atoms with Crippen molar-refractivity contribution < 1.29 is 22.7 Å². The van der Waals surface area contributed by atoms with Gasteiger partial charge in [-0.15, -0.1) is 0 Å². The number of benzene rings is 1. The molecule has 0 aliphatic heterocycles. The molecule has 0 radical (unpaired) electrons. The zero-order chi connectivity index (χ0) is 18.3. The molecule has 0 aliphatic carbocycles. The number of pyridine rings is 1. The predicted octanol–water partition coefficient (Wildman–Crippen LogP) is 3.30. The molecule has 0 saturated carbocycles. The predicted molar refractivity (Wildman–Crippen MR) is 86.6 cm³/mol. The number of fused-ring (bicyclic) bond motifs is 1. The zero-order valence-electron chi connectivity index (χ0n) is 13.7. The van der Waals surface area contributed by atoms with Gasteiger partial charge in [-0.2, -0.15) is 0 Å². The Balaban J connectivity index is 2.32. The van der Waals surface area contributed by atoms with Crippen LogP contribution in [0.15, 0.2) is 30.6 Å². The number of anilines is 1. The lowest BCUT2D eigenvalue weighted by atomic mass is 10.1. The monoisotopic (exact) mass is 349 g/mol. The van der Waals surface area contributed by atoms with Crippen molar-refractivity contribution in [3.63, 3.8) is 0 Å². The summed E-state index contributed by atoms with van der Waals surface area (Å²) in [4.78, 5) is 17.8. The quantitative estimate of drug-likeness (QED) is 0.538. The van der Waals surface area contributed by atoms with Crippen molar-refractivity contribution in [2.75, 3.05) is 26.1 Å². The second-order valence-electron chi connectivity index (χ2n) is 5.55. The number of rotatable bonds is 3. The third kappa shape index (κ3) is 2.69. The SMILES string of the molecule is COC(=O)c1cnc2c(ccn2-c2cc(F)cc(F)c2F)c1N(C)C. The van der Waals surface area contributed by atoms with Crippen LogP contribution in [0.1, 0.15) is 10.4 Å². The smallest absolute Gasteiger partial charge is 0.341 e. The average molecular weight is 349 g/mol. The van der Waals surface area contributed by atoms with Crippen LogP contribution in [0.2, 0.25) is 0 Å². The molecule has 0 amide bonds. The molecule has 3 rings (SSSR count). The Morgan fingerprint density at radius 2 is 1.96 bits per heavy atom. The van der Waals surface area contributed by atoms with E-state index in [1.54, 1.807) is 25.1 Å². The standard InChI is InChI=1S/C17H14F3N3O2/c1-22(2)15-10-4-5-23(13-7-9(18)6-12(19)14(13)20)16(10)21-8-11(15)17(24)25-3/h4-8H,1-3H3. The number of nitrogens with zero attached hydrogens (tertiary/aromatic N) is 3. The summed E-state index contributed by atoms with van der Waals surface area (Å²) in [5.74, 6) is -3.97. The molecule has 0 saturated heterocycles. The lowest BCUT2D eigenvalue weighted by Crippen LogP contribution is -2.16. The Kier molecular flexibility index (Phi) is 4.12. The normalized spacial score (nSPS) is 11.0. The summed E-state index contributed by atoms with van der Waals surface area (Å²) >= 11 is 0. The maximum Gasteiger partial charge on any atom is 0.341 e. The number of hydrogen-bond donors (Lipinski definition) is 0. The highest BCUT2D eigenvalue weighted by Gasteiger charge is 2.21. The fraction of sp³-hybridized carbons (Fsp3) is 0.176. The van der Waals surface area contributed by atoms with Gasteiger partial charge in [0, 0.05) is 44.0 Å². The summed E-state index contributed by atoms with van der Waals surface area (Å²) in [6, 6.07) is 2.94. The van der Waals surface area contributed by atoms with E-state index in [0.29, 0.717) is 17.1 Å². The summed E-state index contributed by atoms with van der Waals surface area (Å²) in [7, 11) is 4.70. The first kappa shape index (κ1) is 16.8. The van der Waals surface area contributed by atoms with Crippen LogP contribution in [0.25, 0.3) is 16.7 Å². The number of ether oxygens (including phenoxy) is 1. The molecule has 3 aromatic rings. The second-order valence-corrected chi connectivity index (χ2v) is 5.55. The fourth-order valence-electron chi connectivity index (χ4n) is 2.73. The topological polar surface area (TPSA) is 47.4 Å². The molecule has 0 aliphatic rings. The van der Waals surface area contributed by atoms with Crippen LogP contribution in [0, 0.1) is 17.5 Å². The lowest BCUT2D eigenvalue weighted by Gasteiger charge is -2.17. The first-order chi connectivity index (χ1) is 11.8. The molecule has 130 valence electrons. The van der Waals surface area contributed by atoms with Crippen molar-refractivity contribution in [3.8, 4) is 5.69 Å². The fourth-order valence-corrected chi connectivity index (χ4v) is 2.73. The van der Waals surface area contributed by atoms with Crippen LogP contribution in [0.3, 0.4) is 0 Å². The van der Waals surface area contributed by atoms with Gasteiger partial charge < -0.3 is 9.64 Å². The molecule has 5 nitrogen and oxygen atoms in total. The maximum absolute atomic E-state index is 14.1. The summed E-state index contributed by atoms with van der Waals surface area (Å²) in [6.45, 7) is 0. The molecule has 1 aromatic carbocycles. The van der Waals surface area contributed by atoms with Crippen molar-refractivity contribution in [2.45, 2.75) is 0 Å². The van der Waals surface area contributed by atoms with E-state index < -0.39 is 23.4 Å². The van der Waals surface area contributed by atoms with Crippen LogP contribution in [-0.4, -0.2) is 36.7 Å². The van der Waals surface area contributed by atoms with E-state index in [9.17, 15) is 18.0 Å². The van der Waals surface area contributed by atoms with Crippen molar-refractivity contribution in [1.82, 2.24) is 9.55 Å². The van der Waals surface area contributed by atoms with Gasteiger partial charge in [0.1, 0.15) is 17.0 Å². The molecule has 25 heavy (non-hydrogen) atoms. The van der Waals surface area contributed by atoms with Gasteiger partial charge in [-0.3, -0.25) is 4.57 Å². The number of esters is 1. The van der Waals surface area contributed by atoms with E-state index in [2.05, 4.69) is 4.98 Å². The van der Waals surface area contributed by atoms with Crippen LogP contribution < -0.4 is 4.90 Å². The van der Waals surface area contributed by atoms with Crippen molar-refractivity contribution >= 4 is 22.7 Å². The van der Waals surface area contributed by atoms with Gasteiger partial charge in [0.15, 0.2) is 11.6 Å². The number of methoxy groups -OCH3 is 1. The highest BCUT2D eigenvalue weighted by molar-refractivity contribution is 6.04. The van der Waals surface area contributed by atoms with Crippen LogP contribution in [-0.2, 0) is 4.74 Å². The van der Waals surface area contributed by atoms with E-state index >= 15 is 0 Å². The number of halogens is 3. The molecular formula is C17H14F3N3O2. The molecular weight excluding hydrogens is 335 g/mol. The van der Waals surface area contributed by atoms with E-state index in [1.807, 2.05) is 0 Å². The Morgan fingerprint density at radius 1 is 1.24 bits per heavy atom. The molecule has 0 atom stereocenters. The third-order valence-corrected chi connectivity index (χ3v) is 3.77. The molecule has 2 aromatic heterocycles. The van der Waals surface area contributed by atoms with E-state index in [0.717, 1.165) is 6.07 Å². The largest absolute Gasteiger partial charge is 0.465 e. The summed E-state index contributed by atoms with van der Waals surface area (Å²) in [6.07, 6.45) is 2.72. The molecule has 0 spiro atoms. The van der Waals surface area contributed by atoms with Gasteiger partial charge >= 0.3 is 5.97 Å². The first-order valence-electron chi connectivity index (χ1n) is 7.25. The van der Waals surface area contributed by atoms with Crippen LogP contribution in [0.4, 0.5) is 18.9 Å². The Hall–Kier alpha value is -3.03. The van der Waals surface area contributed by atoms with E-state index in [1.165, 1.54) is 24.1 Å². The Labute approximate surface area is 141 Å². The molecule has 0 fully saturated rings. The summed E-state index contributed by atoms with van der Waals surface area (Å²) < 4.78 is 47.1. The average Bonchev–Trinajstić information content (AvgIpc) is 2.99. The number of aromatic nitrogens is 2. The number of hydrogen-bond acceptors (Lipinski definition) is 4. The molecule has 0 N–H and O–H groups in total. The maximum atomic E-state index is 14.1. The van der Waals surface area contributed by atoms with Gasteiger partial charge in [0.2, 0.25) is 0 Å². The highest BCUT2D eigenvalue weighted by Crippen LogP contribution is 2.32. The summed E-state index contributed by atoms with van der Waals surface area (Å²) in [5, 5.41) is 0.511. The lowest BCUT2D eigenvalue weighted by molar-refractivity contribution is 0.0601. The third-order valence-electron chi connectivity index (χ3n) is 3.77. The highest BCUT2D eigenvalue weighted by atomic mass is 19.2. The molecule has 0 unspecified atom stereocenters. The minimum atomic E-state index is -1.30. The van der Waals surface area contributed by atoms with Gasteiger partial charge in [-0.05, 0) is 6.07 Å². The Bertz CT molecular complexity index is 983. The van der Waals surface area contributed by atoms with Crippen molar-refractivity contribution in [2.24, 2.45) is 0 Å². The molecule has 0 bridgehead atoms. The number of carbonyl (C=O) groups excluding carboxylic acids is 1. The summed E-state index contributed by atoms with van der Waals surface area (Å²) in [5.41, 5.74) is 0.673. The van der Waals surface area contributed by atoms with Crippen molar-refractivity contribution in [1.29, 1.82) is 0 Å². The number of carbonyl (C=O) groups is 1. The van der Waals surface area contributed by atoms with Crippen molar-refractivity contribution in [3.05, 3.63) is 53.6 Å². The molecule has 8 heteroatoms. The van der Waals surface area contributed by atoms with Gasteiger partial charge in [-0.1, -0.05) is 0 Å². The van der Waals surface area contributed by atoms with E-state index in [4.69, 9.17) is 4.74 Å². The van der Waals surface area contributed by atoms with E-state index in [-0.39, 0.29) is 16.9 Å². The zero-order valence-corrected chi connectivity index (χ0v) is 13.7. The first-order valence-corrected chi connectivity index (χ1v) is 7.25. The van der Waals surface area contributed by atoms with Crippen LogP contribution in [0.5, 0.6) is 0 Å². The minimum Gasteiger partial charge on any atom is -0.465 e. The van der Waals surface area contributed by atoms with Gasteiger partial charge in [-0.25, -0.2) is 22.9 Å². The van der Waals surface area contributed by atoms with Crippen LogP contribution >= 0.6 is 0 Å². The Morgan fingerprint density at radius 3 is 2.60 bits per heavy atom. The van der Waals surface area contributed by atoms with Gasteiger partial charge in [0.25, 0.3) is 0 Å². The molecule has 2 heterocycles.